The molecule has 2 aromatic rings. The second-order valence-corrected chi connectivity index (χ2v) is 6.51. The molecule has 4 nitrogen and oxygen atoms in total. The van der Waals surface area contributed by atoms with E-state index in [1.54, 1.807) is 18.3 Å². The normalized spacial score (nSPS) is 18.1. The third kappa shape index (κ3) is 2.09. The molecule has 0 atom stereocenters. The van der Waals surface area contributed by atoms with Gasteiger partial charge < -0.3 is 0 Å². The zero-order valence-corrected chi connectivity index (χ0v) is 13.6. The lowest BCUT2D eigenvalue weighted by molar-refractivity contribution is -0.120. The van der Waals surface area contributed by atoms with Crippen LogP contribution in [0.15, 0.2) is 35.5 Å². The van der Waals surface area contributed by atoms with E-state index in [-0.39, 0.29) is 16.8 Å². The van der Waals surface area contributed by atoms with Crippen molar-refractivity contribution in [1.82, 2.24) is 4.98 Å². The summed E-state index contributed by atoms with van der Waals surface area (Å²) in [5, 5.41) is 1.27. The summed E-state index contributed by atoms with van der Waals surface area (Å²) in [6.07, 6.45) is 4.78. The maximum atomic E-state index is 12.8. The molecule has 1 aromatic carbocycles. The van der Waals surface area contributed by atoms with E-state index in [2.05, 4.69) is 4.98 Å². The van der Waals surface area contributed by atoms with Gasteiger partial charge in [-0.3, -0.25) is 14.6 Å². The monoisotopic (exact) mass is 346 g/mol. The fourth-order valence-corrected chi connectivity index (χ4v) is 3.94. The first kappa shape index (κ1) is 14.7. The Bertz CT molecular complexity index is 877. The Morgan fingerprint density at radius 1 is 1.00 bits per heavy atom. The number of amides is 2. The molecule has 0 bridgehead atoms. The lowest BCUT2D eigenvalue weighted by Gasteiger charge is -2.19. The molecule has 0 fully saturated rings. The van der Waals surface area contributed by atoms with Crippen molar-refractivity contribution in [1.29, 1.82) is 0 Å². The predicted octanol–water partition coefficient (Wildman–Crippen LogP) is 4.29. The van der Waals surface area contributed by atoms with Crippen molar-refractivity contribution in [2.45, 2.75) is 25.7 Å². The SMILES string of the molecule is O=C1C2=C(CCCC2)C(=O)N1c1c(Cl)cc(Cl)c2ncccc12. The van der Waals surface area contributed by atoms with Crippen molar-refractivity contribution >= 4 is 51.6 Å². The molecule has 2 aliphatic rings. The van der Waals surface area contributed by atoms with Crippen LogP contribution in [0.25, 0.3) is 10.9 Å². The average molecular weight is 347 g/mol. The zero-order valence-electron chi connectivity index (χ0n) is 12.1. The van der Waals surface area contributed by atoms with Gasteiger partial charge >= 0.3 is 0 Å². The van der Waals surface area contributed by atoms with E-state index >= 15 is 0 Å². The van der Waals surface area contributed by atoms with E-state index in [0.717, 1.165) is 12.8 Å². The third-order valence-electron chi connectivity index (χ3n) is 4.38. The molecule has 0 unspecified atom stereocenters. The first-order valence-corrected chi connectivity index (χ1v) is 8.18. The van der Waals surface area contributed by atoms with Gasteiger partial charge in [-0.1, -0.05) is 23.2 Å². The number of anilines is 1. The van der Waals surface area contributed by atoms with Crippen LogP contribution in [0.3, 0.4) is 0 Å². The second-order valence-electron chi connectivity index (χ2n) is 5.70. The number of fused-ring (bicyclic) bond motifs is 1. The van der Waals surface area contributed by atoms with Gasteiger partial charge in [0.05, 0.1) is 21.2 Å². The van der Waals surface area contributed by atoms with Gasteiger partial charge in [0.15, 0.2) is 0 Å². The van der Waals surface area contributed by atoms with Crippen molar-refractivity contribution in [3.8, 4) is 0 Å². The summed E-state index contributed by atoms with van der Waals surface area (Å²) in [6, 6.07) is 5.04. The Morgan fingerprint density at radius 2 is 1.65 bits per heavy atom. The van der Waals surface area contributed by atoms with Crippen molar-refractivity contribution < 1.29 is 9.59 Å². The minimum atomic E-state index is -0.265. The first-order chi connectivity index (χ1) is 11.1. The average Bonchev–Trinajstić information content (AvgIpc) is 2.81. The Kier molecular flexibility index (Phi) is 3.39. The van der Waals surface area contributed by atoms with E-state index in [9.17, 15) is 9.59 Å². The second kappa shape index (κ2) is 5.32. The fraction of sp³-hybridized carbons (Fsp3) is 0.235. The molecule has 0 saturated heterocycles. The number of benzene rings is 1. The molecular formula is C17H12Cl2N2O2. The predicted molar refractivity (Wildman–Crippen MR) is 89.8 cm³/mol. The van der Waals surface area contributed by atoms with Crippen LogP contribution in [0.1, 0.15) is 25.7 Å². The van der Waals surface area contributed by atoms with Crippen LogP contribution < -0.4 is 4.90 Å². The smallest absolute Gasteiger partial charge is 0.261 e. The van der Waals surface area contributed by atoms with Gasteiger partial charge in [-0.25, -0.2) is 4.90 Å². The van der Waals surface area contributed by atoms with Crippen molar-refractivity contribution in [2.75, 3.05) is 4.90 Å². The number of rotatable bonds is 1. The molecule has 4 rings (SSSR count). The van der Waals surface area contributed by atoms with Crippen LogP contribution >= 0.6 is 23.2 Å². The summed E-state index contributed by atoms with van der Waals surface area (Å²) in [6.45, 7) is 0. The fourth-order valence-electron chi connectivity index (χ4n) is 3.33. The lowest BCUT2D eigenvalue weighted by atomic mass is 9.93. The zero-order chi connectivity index (χ0) is 16.1. The highest BCUT2D eigenvalue weighted by atomic mass is 35.5. The number of pyridine rings is 1. The van der Waals surface area contributed by atoms with E-state index in [1.807, 2.05) is 0 Å². The van der Waals surface area contributed by atoms with E-state index in [1.165, 1.54) is 11.0 Å². The van der Waals surface area contributed by atoms with Crippen molar-refractivity contribution in [2.24, 2.45) is 0 Å². The molecule has 23 heavy (non-hydrogen) atoms. The lowest BCUT2D eigenvalue weighted by Crippen LogP contribution is -2.32. The van der Waals surface area contributed by atoms with Gasteiger partial charge in [-0.2, -0.15) is 0 Å². The van der Waals surface area contributed by atoms with Crippen LogP contribution in [0, 0.1) is 0 Å². The summed E-state index contributed by atoms with van der Waals surface area (Å²) in [7, 11) is 0. The van der Waals surface area contributed by atoms with Crippen molar-refractivity contribution in [3.05, 3.63) is 45.6 Å². The van der Waals surface area contributed by atoms with Crippen LogP contribution in [-0.2, 0) is 9.59 Å². The summed E-state index contributed by atoms with van der Waals surface area (Å²) >= 11 is 12.5. The Morgan fingerprint density at radius 3 is 2.30 bits per heavy atom. The summed E-state index contributed by atoms with van der Waals surface area (Å²) in [5.41, 5.74) is 2.16. The highest BCUT2D eigenvalue weighted by molar-refractivity contribution is 6.44. The van der Waals surface area contributed by atoms with Gasteiger partial charge in [0.2, 0.25) is 0 Å². The quantitative estimate of drug-likeness (QED) is 0.724. The van der Waals surface area contributed by atoms with Crippen LogP contribution in [0.2, 0.25) is 10.0 Å². The number of hydrogen-bond donors (Lipinski definition) is 0. The van der Waals surface area contributed by atoms with Gasteiger partial charge in [0.1, 0.15) is 0 Å². The van der Waals surface area contributed by atoms with E-state index in [0.29, 0.717) is 45.6 Å². The number of nitrogens with zero attached hydrogens (tertiary/aromatic N) is 2. The molecule has 1 aliphatic carbocycles. The number of carbonyl (C=O) groups is 2. The maximum absolute atomic E-state index is 12.8. The third-order valence-corrected chi connectivity index (χ3v) is 4.96. The van der Waals surface area contributed by atoms with Crippen LogP contribution in [-0.4, -0.2) is 16.8 Å². The molecule has 1 aliphatic heterocycles. The van der Waals surface area contributed by atoms with Gasteiger partial charge in [-0.15, -0.1) is 0 Å². The molecule has 0 radical (unpaired) electrons. The number of hydrogen-bond acceptors (Lipinski definition) is 3. The summed E-state index contributed by atoms with van der Waals surface area (Å²) in [5.74, 6) is -0.529. The molecule has 0 N–H and O–H groups in total. The van der Waals surface area contributed by atoms with E-state index < -0.39 is 0 Å². The Balaban J connectivity index is 1.94. The molecule has 6 heteroatoms. The molecule has 2 heterocycles. The van der Waals surface area contributed by atoms with Gasteiger partial charge in [0, 0.05) is 22.7 Å². The first-order valence-electron chi connectivity index (χ1n) is 7.43. The highest BCUT2D eigenvalue weighted by Gasteiger charge is 2.41. The number of imide groups is 1. The Hall–Kier alpha value is -1.91. The molecule has 2 amide bonds. The van der Waals surface area contributed by atoms with Gasteiger partial charge in [-0.05, 0) is 43.9 Å². The molecule has 0 saturated carbocycles. The topological polar surface area (TPSA) is 50.3 Å². The molecule has 1 aromatic heterocycles. The number of carbonyl (C=O) groups excluding carboxylic acids is 2. The summed E-state index contributed by atoms with van der Waals surface area (Å²) in [4.78, 5) is 31.0. The highest BCUT2D eigenvalue weighted by Crippen LogP contribution is 2.43. The summed E-state index contributed by atoms with van der Waals surface area (Å²) < 4.78 is 0. The number of halogens is 2. The maximum Gasteiger partial charge on any atom is 0.261 e. The molecule has 0 spiro atoms. The van der Waals surface area contributed by atoms with Crippen LogP contribution in [0.5, 0.6) is 0 Å². The largest absolute Gasteiger partial charge is 0.269 e. The minimum absolute atomic E-state index is 0.265. The number of aromatic nitrogens is 1. The Labute approximate surface area is 142 Å². The minimum Gasteiger partial charge on any atom is -0.269 e. The van der Waals surface area contributed by atoms with Gasteiger partial charge in [0.25, 0.3) is 11.8 Å². The van der Waals surface area contributed by atoms with Crippen molar-refractivity contribution in [3.63, 3.8) is 0 Å². The molecule has 116 valence electrons. The van der Waals surface area contributed by atoms with Crippen LogP contribution in [0.4, 0.5) is 5.69 Å². The molecular weight excluding hydrogens is 335 g/mol. The standard InChI is InChI=1S/C17H12Cl2N2O2/c18-12-8-13(19)15(11-6-3-7-20-14(11)12)21-16(22)9-4-1-2-5-10(9)17(21)23/h3,6-8H,1-2,4-5H2. The van der Waals surface area contributed by atoms with E-state index in [4.69, 9.17) is 23.2 Å².